The normalized spacial score (nSPS) is 16.4. The first-order chi connectivity index (χ1) is 9.18. The molecular formula is C15H19N3O. The Morgan fingerprint density at radius 3 is 2.53 bits per heavy atom. The molecule has 4 heteroatoms. The van der Waals surface area contributed by atoms with E-state index in [0.29, 0.717) is 6.54 Å². The molecule has 0 radical (unpaired) electrons. The minimum atomic E-state index is 0.141. The van der Waals surface area contributed by atoms with Gasteiger partial charge in [0.2, 0.25) is 0 Å². The van der Waals surface area contributed by atoms with Crippen molar-refractivity contribution in [3.8, 4) is 11.4 Å². The van der Waals surface area contributed by atoms with Crippen LogP contribution in [0.25, 0.3) is 5.69 Å². The highest BCUT2D eigenvalue weighted by molar-refractivity contribution is 5.39. The second kappa shape index (κ2) is 4.38. The van der Waals surface area contributed by atoms with Gasteiger partial charge >= 0.3 is 0 Å². The molecule has 0 atom stereocenters. The van der Waals surface area contributed by atoms with Crippen LogP contribution in [-0.4, -0.2) is 23.4 Å². The molecule has 2 aromatic rings. The first-order valence-corrected chi connectivity index (χ1v) is 6.60. The lowest BCUT2D eigenvalue weighted by atomic mass is 10.0. The molecule has 1 aliphatic rings. The molecule has 100 valence electrons. The molecule has 1 fully saturated rings. The molecular weight excluding hydrogens is 238 g/mol. The van der Waals surface area contributed by atoms with E-state index in [1.54, 1.807) is 7.11 Å². The van der Waals surface area contributed by atoms with Crippen molar-refractivity contribution in [3.05, 3.63) is 41.7 Å². The molecule has 0 amide bonds. The van der Waals surface area contributed by atoms with Crippen LogP contribution >= 0.6 is 0 Å². The van der Waals surface area contributed by atoms with Crippen LogP contribution in [0.15, 0.2) is 30.3 Å². The number of hydrogen-bond donors (Lipinski definition) is 1. The third-order valence-corrected chi connectivity index (χ3v) is 3.99. The largest absolute Gasteiger partial charge is 0.497 e. The van der Waals surface area contributed by atoms with Gasteiger partial charge in [-0.2, -0.15) is 5.10 Å². The summed E-state index contributed by atoms with van der Waals surface area (Å²) < 4.78 is 7.15. The fourth-order valence-electron chi connectivity index (χ4n) is 2.43. The Morgan fingerprint density at radius 2 is 2.00 bits per heavy atom. The number of rotatable bonds is 4. The second-order valence-electron chi connectivity index (χ2n) is 5.27. The molecule has 0 saturated heterocycles. The van der Waals surface area contributed by atoms with Crippen LogP contribution in [0.4, 0.5) is 0 Å². The van der Waals surface area contributed by atoms with Crippen LogP contribution in [0, 0.1) is 6.92 Å². The Hall–Kier alpha value is -1.81. The van der Waals surface area contributed by atoms with Crippen molar-refractivity contribution < 1.29 is 4.74 Å². The van der Waals surface area contributed by atoms with Gasteiger partial charge in [-0.1, -0.05) is 0 Å². The average molecular weight is 257 g/mol. The van der Waals surface area contributed by atoms with Gasteiger partial charge in [0.1, 0.15) is 5.75 Å². The lowest BCUT2D eigenvalue weighted by molar-refractivity contribution is 0.414. The highest BCUT2D eigenvalue weighted by Gasteiger charge is 2.45. The summed E-state index contributed by atoms with van der Waals surface area (Å²) in [6.07, 6.45) is 2.31. The molecule has 4 nitrogen and oxygen atoms in total. The molecule has 0 bridgehead atoms. The van der Waals surface area contributed by atoms with Gasteiger partial charge in [-0.3, -0.25) is 0 Å². The maximum absolute atomic E-state index is 5.87. The Morgan fingerprint density at radius 1 is 1.32 bits per heavy atom. The zero-order valence-electron chi connectivity index (χ0n) is 11.4. The van der Waals surface area contributed by atoms with Crippen LogP contribution in [0.1, 0.15) is 24.2 Å². The van der Waals surface area contributed by atoms with Gasteiger partial charge in [-0.25, -0.2) is 4.68 Å². The number of nitrogens with two attached hydrogens (primary N) is 1. The van der Waals surface area contributed by atoms with E-state index in [-0.39, 0.29) is 5.41 Å². The van der Waals surface area contributed by atoms with Crippen molar-refractivity contribution in [2.75, 3.05) is 13.7 Å². The van der Waals surface area contributed by atoms with Gasteiger partial charge in [0.05, 0.1) is 18.5 Å². The highest BCUT2D eigenvalue weighted by atomic mass is 16.5. The summed E-state index contributed by atoms with van der Waals surface area (Å²) in [4.78, 5) is 0. The predicted molar refractivity (Wildman–Crippen MR) is 74.8 cm³/mol. The maximum atomic E-state index is 5.87. The van der Waals surface area contributed by atoms with E-state index in [4.69, 9.17) is 15.6 Å². The van der Waals surface area contributed by atoms with Crippen molar-refractivity contribution in [2.45, 2.75) is 25.2 Å². The molecule has 0 spiro atoms. The highest BCUT2D eigenvalue weighted by Crippen LogP contribution is 2.46. The summed E-state index contributed by atoms with van der Waals surface area (Å²) in [5, 5.41) is 4.74. The van der Waals surface area contributed by atoms with Crippen LogP contribution in [0.5, 0.6) is 5.75 Å². The fourth-order valence-corrected chi connectivity index (χ4v) is 2.43. The van der Waals surface area contributed by atoms with Crippen LogP contribution in [-0.2, 0) is 5.41 Å². The number of aromatic nitrogens is 2. The maximum Gasteiger partial charge on any atom is 0.119 e. The van der Waals surface area contributed by atoms with E-state index in [1.807, 2.05) is 28.9 Å². The summed E-state index contributed by atoms with van der Waals surface area (Å²) in [6.45, 7) is 2.76. The Bertz CT molecular complexity index is 582. The monoisotopic (exact) mass is 257 g/mol. The summed E-state index contributed by atoms with van der Waals surface area (Å²) in [7, 11) is 1.67. The van der Waals surface area contributed by atoms with E-state index in [2.05, 4.69) is 13.0 Å². The van der Waals surface area contributed by atoms with Gasteiger partial charge < -0.3 is 10.5 Å². The van der Waals surface area contributed by atoms with E-state index < -0.39 is 0 Å². The predicted octanol–water partition coefficient (Wildman–Crippen LogP) is 2.18. The quantitative estimate of drug-likeness (QED) is 0.913. The van der Waals surface area contributed by atoms with E-state index >= 15 is 0 Å². The molecule has 3 rings (SSSR count). The Balaban J connectivity index is 1.96. The number of aryl methyl sites for hydroxylation is 1. The SMILES string of the molecule is COc1ccc(-n2nc(C3(CN)CC3)cc2C)cc1. The van der Waals surface area contributed by atoms with Crippen molar-refractivity contribution in [1.82, 2.24) is 9.78 Å². The van der Waals surface area contributed by atoms with Gasteiger partial charge in [0, 0.05) is 17.7 Å². The van der Waals surface area contributed by atoms with Gasteiger partial charge in [0.15, 0.2) is 0 Å². The summed E-state index contributed by atoms with van der Waals surface area (Å²) in [6, 6.07) is 10.1. The molecule has 1 saturated carbocycles. The number of methoxy groups -OCH3 is 1. The third-order valence-electron chi connectivity index (χ3n) is 3.99. The van der Waals surface area contributed by atoms with Gasteiger partial charge in [-0.15, -0.1) is 0 Å². The molecule has 0 aliphatic heterocycles. The average Bonchev–Trinajstić information content (AvgIpc) is 3.16. The fraction of sp³-hybridized carbons (Fsp3) is 0.400. The van der Waals surface area contributed by atoms with Crippen LogP contribution in [0.3, 0.4) is 0 Å². The smallest absolute Gasteiger partial charge is 0.119 e. The Kier molecular flexibility index (Phi) is 2.82. The van der Waals surface area contributed by atoms with Gasteiger partial charge in [0.25, 0.3) is 0 Å². The molecule has 1 heterocycles. The molecule has 0 unspecified atom stereocenters. The summed E-state index contributed by atoms with van der Waals surface area (Å²) in [5.74, 6) is 0.856. The first kappa shape index (κ1) is 12.2. The summed E-state index contributed by atoms with van der Waals surface area (Å²) in [5.41, 5.74) is 9.33. The lowest BCUT2D eigenvalue weighted by Gasteiger charge is -2.08. The van der Waals surface area contributed by atoms with Crippen molar-refractivity contribution in [2.24, 2.45) is 5.73 Å². The zero-order chi connectivity index (χ0) is 13.5. The van der Waals surface area contributed by atoms with E-state index in [0.717, 1.165) is 35.7 Å². The van der Waals surface area contributed by atoms with E-state index in [1.165, 1.54) is 0 Å². The van der Waals surface area contributed by atoms with Crippen molar-refractivity contribution >= 4 is 0 Å². The van der Waals surface area contributed by atoms with Gasteiger partial charge in [-0.05, 0) is 50.1 Å². The molecule has 2 N–H and O–H groups in total. The standard InChI is InChI=1S/C15H19N3O/c1-11-9-14(15(10-16)7-8-15)17-18(11)12-3-5-13(19-2)6-4-12/h3-6,9H,7-8,10,16H2,1-2H3. The third kappa shape index (κ3) is 2.02. The zero-order valence-corrected chi connectivity index (χ0v) is 11.4. The number of hydrogen-bond acceptors (Lipinski definition) is 3. The molecule has 1 aromatic heterocycles. The Labute approximate surface area is 113 Å². The van der Waals surface area contributed by atoms with Crippen molar-refractivity contribution in [1.29, 1.82) is 0 Å². The molecule has 19 heavy (non-hydrogen) atoms. The summed E-state index contributed by atoms with van der Waals surface area (Å²) >= 11 is 0. The number of benzene rings is 1. The minimum absolute atomic E-state index is 0.141. The van der Waals surface area contributed by atoms with Crippen molar-refractivity contribution in [3.63, 3.8) is 0 Å². The minimum Gasteiger partial charge on any atom is -0.497 e. The second-order valence-corrected chi connectivity index (χ2v) is 5.27. The number of nitrogens with zero attached hydrogens (tertiary/aromatic N) is 2. The first-order valence-electron chi connectivity index (χ1n) is 6.60. The molecule has 1 aliphatic carbocycles. The van der Waals surface area contributed by atoms with Crippen LogP contribution in [0.2, 0.25) is 0 Å². The number of ether oxygens (including phenoxy) is 1. The van der Waals surface area contributed by atoms with E-state index in [9.17, 15) is 0 Å². The topological polar surface area (TPSA) is 53.1 Å². The van der Waals surface area contributed by atoms with Crippen LogP contribution < -0.4 is 10.5 Å². The lowest BCUT2D eigenvalue weighted by Crippen LogP contribution is -2.20. The molecule has 1 aromatic carbocycles.